The summed E-state index contributed by atoms with van der Waals surface area (Å²) in [4.78, 5) is 34.1. The second-order valence-electron chi connectivity index (χ2n) is 6.22. The number of non-ortho nitro benzene ring substituents is 1. The van der Waals surface area contributed by atoms with Crippen LogP contribution in [0.4, 0.5) is 16.5 Å². The number of nitro benzene ring substituents is 1. The predicted molar refractivity (Wildman–Crippen MR) is 100 cm³/mol. The highest BCUT2D eigenvalue weighted by Gasteiger charge is 2.22. The van der Waals surface area contributed by atoms with Gasteiger partial charge in [0.1, 0.15) is 0 Å². The van der Waals surface area contributed by atoms with E-state index in [4.69, 9.17) is 0 Å². The molecule has 1 heterocycles. The largest absolute Gasteiger partial charge is 0.325 e. The lowest BCUT2D eigenvalue weighted by atomic mass is 9.96. The Labute approximate surface area is 157 Å². The van der Waals surface area contributed by atoms with E-state index in [1.807, 2.05) is 0 Å². The van der Waals surface area contributed by atoms with Crippen molar-refractivity contribution < 1.29 is 14.5 Å². The van der Waals surface area contributed by atoms with Gasteiger partial charge in [0.15, 0.2) is 4.34 Å². The molecule has 0 aliphatic carbocycles. The molecule has 0 bridgehead atoms. The molecule has 0 saturated carbocycles. The molecule has 2 aromatic rings. The van der Waals surface area contributed by atoms with Crippen LogP contribution >= 0.6 is 23.1 Å². The van der Waals surface area contributed by atoms with Crippen LogP contribution in [0, 0.1) is 15.5 Å². The first-order valence-electron chi connectivity index (χ1n) is 7.47. The van der Waals surface area contributed by atoms with Crippen LogP contribution < -0.4 is 10.6 Å². The number of nitrogens with zero attached hydrogens (tertiary/aromatic N) is 3. The van der Waals surface area contributed by atoms with Gasteiger partial charge in [-0.2, -0.15) is 0 Å². The number of benzene rings is 1. The first kappa shape index (κ1) is 19.8. The summed E-state index contributed by atoms with van der Waals surface area (Å²) in [7, 11) is 0. The number of carbonyl (C=O) groups excluding carboxylic acids is 2. The summed E-state index contributed by atoms with van der Waals surface area (Å²) in [5.74, 6) is -0.440. The second-order valence-corrected chi connectivity index (χ2v) is 8.42. The predicted octanol–water partition coefficient (Wildman–Crippen LogP) is 3.16. The van der Waals surface area contributed by atoms with Gasteiger partial charge in [-0.1, -0.05) is 49.9 Å². The van der Waals surface area contributed by atoms with E-state index in [9.17, 15) is 19.7 Å². The second kappa shape index (κ2) is 8.23. The van der Waals surface area contributed by atoms with Gasteiger partial charge in [0, 0.05) is 23.2 Å². The van der Waals surface area contributed by atoms with E-state index in [-0.39, 0.29) is 23.3 Å². The molecule has 11 heteroatoms. The fraction of sp³-hybridized carbons (Fsp3) is 0.333. The standard InChI is InChI=1S/C15H17N5O4S2/c1-15(2,3)12(22)17-13-18-19-14(26-13)25-8-11(21)16-9-5-4-6-10(7-9)20(23)24/h4-7H,8H2,1-3H3,(H,16,21)(H,17,18,22). The van der Waals surface area contributed by atoms with Crippen molar-refractivity contribution in [1.82, 2.24) is 10.2 Å². The molecular formula is C15H17N5O4S2. The van der Waals surface area contributed by atoms with E-state index in [0.717, 1.165) is 11.8 Å². The van der Waals surface area contributed by atoms with Crippen molar-refractivity contribution in [2.45, 2.75) is 25.1 Å². The highest BCUT2D eigenvalue weighted by atomic mass is 32.2. The summed E-state index contributed by atoms with van der Waals surface area (Å²) in [5.41, 5.74) is -0.295. The van der Waals surface area contributed by atoms with Crippen molar-refractivity contribution in [3.63, 3.8) is 0 Å². The van der Waals surface area contributed by atoms with Crippen molar-refractivity contribution in [3.05, 3.63) is 34.4 Å². The molecule has 1 aromatic carbocycles. The van der Waals surface area contributed by atoms with Crippen molar-refractivity contribution in [2.24, 2.45) is 5.41 Å². The van der Waals surface area contributed by atoms with Crippen molar-refractivity contribution in [3.8, 4) is 0 Å². The number of anilines is 2. The molecule has 0 spiro atoms. The molecule has 1 aromatic heterocycles. The Balaban J connectivity index is 1.87. The van der Waals surface area contributed by atoms with E-state index in [1.54, 1.807) is 26.8 Å². The zero-order valence-corrected chi connectivity index (χ0v) is 15.9. The molecule has 0 radical (unpaired) electrons. The normalized spacial score (nSPS) is 11.0. The summed E-state index contributed by atoms with van der Waals surface area (Å²) in [6.45, 7) is 5.37. The number of nitrogens with one attached hydrogen (secondary N) is 2. The van der Waals surface area contributed by atoms with E-state index in [1.165, 1.54) is 29.5 Å². The molecule has 138 valence electrons. The average Bonchev–Trinajstić information content (AvgIpc) is 3.00. The molecule has 0 saturated heterocycles. The van der Waals surface area contributed by atoms with Crippen LogP contribution in [-0.4, -0.2) is 32.7 Å². The fourth-order valence-electron chi connectivity index (χ4n) is 1.62. The van der Waals surface area contributed by atoms with Crippen molar-refractivity contribution >= 4 is 51.4 Å². The number of hydrogen-bond acceptors (Lipinski definition) is 8. The van der Waals surface area contributed by atoms with Crippen LogP contribution in [0.15, 0.2) is 28.6 Å². The summed E-state index contributed by atoms with van der Waals surface area (Å²) in [6.07, 6.45) is 0. The third-order valence-corrected chi connectivity index (χ3v) is 4.95. The van der Waals surface area contributed by atoms with E-state index >= 15 is 0 Å². The van der Waals surface area contributed by atoms with E-state index in [2.05, 4.69) is 20.8 Å². The minimum absolute atomic E-state index is 0.0601. The molecule has 9 nitrogen and oxygen atoms in total. The maximum Gasteiger partial charge on any atom is 0.271 e. The van der Waals surface area contributed by atoms with Gasteiger partial charge in [-0.15, -0.1) is 10.2 Å². The summed E-state index contributed by atoms with van der Waals surface area (Å²) in [6, 6.07) is 5.70. The van der Waals surface area contributed by atoms with Gasteiger partial charge in [-0.3, -0.25) is 19.7 Å². The number of rotatable bonds is 6. The minimum atomic E-state index is -0.544. The highest BCUT2D eigenvalue weighted by molar-refractivity contribution is 8.01. The Bertz CT molecular complexity index is 831. The maximum atomic E-state index is 12.0. The van der Waals surface area contributed by atoms with Crippen LogP contribution in [0.3, 0.4) is 0 Å². The minimum Gasteiger partial charge on any atom is -0.325 e. The van der Waals surface area contributed by atoms with Crippen LogP contribution in [0.1, 0.15) is 20.8 Å². The molecule has 0 aliphatic rings. The van der Waals surface area contributed by atoms with E-state index in [0.29, 0.717) is 15.2 Å². The Hall–Kier alpha value is -2.53. The molecule has 0 atom stereocenters. The molecular weight excluding hydrogens is 378 g/mol. The Morgan fingerprint density at radius 1 is 1.27 bits per heavy atom. The third-order valence-electron chi connectivity index (χ3n) is 2.98. The zero-order valence-electron chi connectivity index (χ0n) is 14.3. The van der Waals surface area contributed by atoms with Crippen LogP contribution in [0.5, 0.6) is 0 Å². The Kier molecular flexibility index (Phi) is 6.27. The fourth-order valence-corrected chi connectivity index (χ4v) is 3.17. The van der Waals surface area contributed by atoms with Gasteiger partial charge >= 0.3 is 0 Å². The third kappa shape index (κ3) is 5.77. The van der Waals surface area contributed by atoms with Crippen molar-refractivity contribution in [2.75, 3.05) is 16.4 Å². The monoisotopic (exact) mass is 395 g/mol. The molecule has 26 heavy (non-hydrogen) atoms. The summed E-state index contributed by atoms with van der Waals surface area (Å²) < 4.78 is 0.531. The Morgan fingerprint density at radius 3 is 2.65 bits per heavy atom. The highest BCUT2D eigenvalue weighted by Crippen LogP contribution is 2.27. The summed E-state index contributed by atoms with van der Waals surface area (Å²) >= 11 is 2.33. The molecule has 2 N–H and O–H groups in total. The van der Waals surface area contributed by atoms with Crippen molar-refractivity contribution in [1.29, 1.82) is 0 Å². The number of amides is 2. The first-order chi connectivity index (χ1) is 12.1. The van der Waals surface area contributed by atoms with Crippen LogP contribution in [-0.2, 0) is 9.59 Å². The lowest BCUT2D eigenvalue weighted by Gasteiger charge is -2.15. The van der Waals surface area contributed by atoms with Gasteiger partial charge in [-0.05, 0) is 6.07 Å². The molecule has 0 aliphatic heterocycles. The number of aromatic nitrogens is 2. The van der Waals surface area contributed by atoms with Crippen LogP contribution in [0.25, 0.3) is 0 Å². The van der Waals surface area contributed by atoms with Gasteiger partial charge in [0.05, 0.1) is 10.7 Å². The van der Waals surface area contributed by atoms with Gasteiger partial charge < -0.3 is 10.6 Å². The zero-order chi connectivity index (χ0) is 19.3. The average molecular weight is 395 g/mol. The SMILES string of the molecule is CC(C)(C)C(=O)Nc1nnc(SCC(=O)Nc2cccc([N+](=O)[O-])c2)s1. The number of hydrogen-bond donors (Lipinski definition) is 2. The first-order valence-corrected chi connectivity index (χ1v) is 9.27. The number of nitro groups is 1. The molecule has 0 fully saturated rings. The maximum absolute atomic E-state index is 12.0. The van der Waals surface area contributed by atoms with Gasteiger partial charge in [0.2, 0.25) is 16.9 Å². The Morgan fingerprint density at radius 2 is 2.00 bits per heavy atom. The molecule has 0 unspecified atom stereocenters. The lowest BCUT2D eigenvalue weighted by molar-refractivity contribution is -0.384. The molecule has 2 amide bonds. The van der Waals surface area contributed by atoms with E-state index < -0.39 is 10.3 Å². The topological polar surface area (TPSA) is 127 Å². The number of thioether (sulfide) groups is 1. The smallest absolute Gasteiger partial charge is 0.271 e. The summed E-state index contributed by atoms with van der Waals surface area (Å²) in [5, 5.41) is 24.2. The van der Waals surface area contributed by atoms with Crippen LogP contribution in [0.2, 0.25) is 0 Å². The quantitative estimate of drug-likeness (QED) is 0.333. The number of carbonyl (C=O) groups is 2. The molecule has 2 rings (SSSR count). The lowest BCUT2D eigenvalue weighted by Crippen LogP contribution is -2.27. The van der Waals surface area contributed by atoms with Gasteiger partial charge in [0.25, 0.3) is 5.69 Å². The van der Waals surface area contributed by atoms with Gasteiger partial charge in [-0.25, -0.2) is 0 Å².